The largest absolute Gasteiger partial charge is 0.484 e. The molecule has 5 aromatic rings. The van der Waals surface area contributed by atoms with Gasteiger partial charge in [0.05, 0.1) is 17.8 Å². The number of rotatable bonds is 10. The first-order valence-electron chi connectivity index (χ1n) is 14.7. The van der Waals surface area contributed by atoms with Crippen molar-refractivity contribution in [3.8, 4) is 23.0 Å². The van der Waals surface area contributed by atoms with E-state index in [2.05, 4.69) is 25.9 Å². The van der Waals surface area contributed by atoms with E-state index in [-0.39, 0.29) is 46.8 Å². The lowest BCUT2D eigenvalue weighted by Crippen LogP contribution is -2.25. The minimum absolute atomic E-state index is 0.0128. The van der Waals surface area contributed by atoms with Crippen molar-refractivity contribution in [2.75, 3.05) is 0 Å². The topological polar surface area (TPSA) is 79.8 Å². The van der Waals surface area contributed by atoms with Crippen LogP contribution in [0, 0.1) is 23.3 Å². The Morgan fingerprint density at radius 2 is 1.24 bits per heavy atom. The predicted octanol–water partition coefficient (Wildman–Crippen LogP) is 10.6. The van der Waals surface area contributed by atoms with Crippen molar-refractivity contribution < 1.29 is 41.3 Å². The number of hydrogen-bond donors (Lipinski definition) is 0. The SMILES string of the molecule is CC(C)(C)OC(=O)Cc1cc(F)c(Oc2ccnc(COc3ccc(Cl)cc3F)c2)cc1F.Fc1cc(Cl)ccc1OCc1cc(Br)ccn1. The number of esters is 1. The number of carbonyl (C=O) groups is 1. The number of pyridine rings is 2. The fourth-order valence-electron chi connectivity index (χ4n) is 4.06. The lowest BCUT2D eigenvalue weighted by Gasteiger charge is -2.19. The molecule has 0 aliphatic heterocycles. The first kappa shape index (κ1) is 38.4. The van der Waals surface area contributed by atoms with E-state index in [4.69, 9.17) is 42.1 Å². The van der Waals surface area contributed by atoms with Crippen LogP contribution in [0.2, 0.25) is 10.0 Å². The summed E-state index contributed by atoms with van der Waals surface area (Å²) >= 11 is 14.7. The number of nitrogens with zero attached hydrogens (tertiary/aromatic N) is 2. The highest BCUT2D eigenvalue weighted by atomic mass is 79.9. The molecule has 0 aliphatic rings. The summed E-state index contributed by atoms with van der Waals surface area (Å²) in [6.45, 7) is 5.15. The zero-order valence-electron chi connectivity index (χ0n) is 26.8. The summed E-state index contributed by atoms with van der Waals surface area (Å²) in [5, 5.41) is 0.579. The van der Waals surface area contributed by atoms with Crippen molar-refractivity contribution in [3.05, 3.63) is 140 Å². The van der Waals surface area contributed by atoms with Gasteiger partial charge in [0, 0.05) is 44.6 Å². The lowest BCUT2D eigenvalue weighted by atomic mass is 10.1. The van der Waals surface area contributed by atoms with Gasteiger partial charge in [-0.3, -0.25) is 14.8 Å². The smallest absolute Gasteiger partial charge is 0.310 e. The fraction of sp³-hybridized carbons (Fsp3) is 0.194. The van der Waals surface area contributed by atoms with Crippen LogP contribution in [0.5, 0.6) is 23.0 Å². The molecule has 0 unspecified atom stereocenters. The van der Waals surface area contributed by atoms with Crippen LogP contribution in [0.25, 0.3) is 0 Å². The minimum atomic E-state index is -0.854. The molecule has 7 nitrogen and oxygen atoms in total. The minimum Gasteiger partial charge on any atom is -0.484 e. The number of benzene rings is 3. The van der Waals surface area contributed by atoms with Crippen molar-refractivity contribution in [2.24, 2.45) is 0 Å². The van der Waals surface area contributed by atoms with E-state index >= 15 is 0 Å². The molecule has 0 spiro atoms. The van der Waals surface area contributed by atoms with Gasteiger partial charge in [0.1, 0.15) is 30.4 Å². The zero-order chi connectivity index (χ0) is 36.4. The normalized spacial score (nSPS) is 10.9. The third kappa shape index (κ3) is 12.2. The van der Waals surface area contributed by atoms with Crippen LogP contribution in [0.15, 0.2) is 89.7 Å². The maximum atomic E-state index is 14.5. The third-order valence-corrected chi connectivity index (χ3v) is 7.15. The van der Waals surface area contributed by atoms with Gasteiger partial charge in [0.15, 0.2) is 34.7 Å². The number of ether oxygens (including phenoxy) is 4. The Labute approximate surface area is 304 Å². The van der Waals surface area contributed by atoms with Crippen LogP contribution in [0.1, 0.15) is 37.7 Å². The highest BCUT2D eigenvalue weighted by Crippen LogP contribution is 2.29. The fourth-order valence-corrected chi connectivity index (χ4v) is 4.76. The summed E-state index contributed by atoms with van der Waals surface area (Å²) < 4.78 is 78.4. The number of halogens is 7. The van der Waals surface area contributed by atoms with Gasteiger partial charge in [0.25, 0.3) is 0 Å². The second-order valence-corrected chi connectivity index (χ2v) is 13.2. The van der Waals surface area contributed by atoms with Gasteiger partial charge in [-0.15, -0.1) is 0 Å². The highest BCUT2D eigenvalue weighted by molar-refractivity contribution is 9.10. The first-order valence-corrected chi connectivity index (χ1v) is 16.3. The summed E-state index contributed by atoms with van der Waals surface area (Å²) in [6, 6.07) is 16.5. The molecule has 0 aliphatic carbocycles. The average Bonchev–Trinajstić information content (AvgIpc) is 3.02. The Kier molecular flexibility index (Phi) is 13.5. The molecule has 0 radical (unpaired) electrons. The molecule has 0 saturated heterocycles. The molecular formula is C36H29BrCl2F4N2O5. The van der Waals surface area contributed by atoms with E-state index in [0.29, 0.717) is 16.4 Å². The van der Waals surface area contributed by atoms with E-state index in [9.17, 15) is 22.4 Å². The monoisotopic (exact) mass is 794 g/mol. The van der Waals surface area contributed by atoms with Crippen LogP contribution in [0.3, 0.4) is 0 Å². The first-order chi connectivity index (χ1) is 23.6. The van der Waals surface area contributed by atoms with Gasteiger partial charge in [-0.05, 0) is 81.4 Å². The molecule has 0 N–H and O–H groups in total. The Morgan fingerprint density at radius 3 is 1.78 bits per heavy atom. The maximum Gasteiger partial charge on any atom is 0.310 e. The van der Waals surface area contributed by atoms with E-state index in [1.165, 1.54) is 42.6 Å². The molecule has 0 amide bonds. The Hall–Kier alpha value is -4.39. The van der Waals surface area contributed by atoms with E-state index in [1.54, 1.807) is 33.0 Å². The van der Waals surface area contributed by atoms with Gasteiger partial charge in [-0.2, -0.15) is 0 Å². The lowest BCUT2D eigenvalue weighted by molar-refractivity contribution is -0.154. The Balaban J connectivity index is 0.000000276. The van der Waals surface area contributed by atoms with Gasteiger partial charge < -0.3 is 18.9 Å². The van der Waals surface area contributed by atoms with Crippen molar-refractivity contribution in [1.29, 1.82) is 0 Å². The molecular weight excluding hydrogens is 767 g/mol. The van der Waals surface area contributed by atoms with E-state index < -0.39 is 41.3 Å². The molecule has 50 heavy (non-hydrogen) atoms. The summed E-state index contributed by atoms with van der Waals surface area (Å²) in [4.78, 5) is 20.1. The molecule has 5 rings (SSSR count). The van der Waals surface area contributed by atoms with Gasteiger partial charge in [0.2, 0.25) is 0 Å². The van der Waals surface area contributed by atoms with Crippen molar-refractivity contribution >= 4 is 45.1 Å². The van der Waals surface area contributed by atoms with Gasteiger partial charge >= 0.3 is 5.97 Å². The molecule has 2 aromatic heterocycles. The molecule has 0 saturated carbocycles. The van der Waals surface area contributed by atoms with Crippen LogP contribution in [0.4, 0.5) is 17.6 Å². The summed E-state index contributed by atoms with van der Waals surface area (Å²) in [6.07, 6.45) is 2.62. The molecule has 2 heterocycles. The van der Waals surface area contributed by atoms with E-state index in [0.717, 1.165) is 22.7 Å². The van der Waals surface area contributed by atoms with Gasteiger partial charge in [-0.25, -0.2) is 17.6 Å². The zero-order valence-corrected chi connectivity index (χ0v) is 29.9. The molecule has 3 aromatic carbocycles. The summed E-state index contributed by atoms with van der Waals surface area (Å²) in [5.41, 5.74) is 0.193. The van der Waals surface area contributed by atoms with Crippen LogP contribution in [-0.2, 0) is 29.2 Å². The summed E-state index contributed by atoms with van der Waals surface area (Å²) in [5.74, 6) is -3.50. The Morgan fingerprint density at radius 1 is 0.700 bits per heavy atom. The van der Waals surface area contributed by atoms with Crippen molar-refractivity contribution in [1.82, 2.24) is 9.97 Å². The molecule has 14 heteroatoms. The highest BCUT2D eigenvalue weighted by Gasteiger charge is 2.20. The molecule has 262 valence electrons. The van der Waals surface area contributed by atoms with Crippen LogP contribution in [-0.4, -0.2) is 21.5 Å². The van der Waals surface area contributed by atoms with E-state index in [1.807, 2.05) is 12.1 Å². The number of carbonyl (C=O) groups excluding carboxylic acids is 1. The van der Waals surface area contributed by atoms with Crippen molar-refractivity contribution in [3.63, 3.8) is 0 Å². The van der Waals surface area contributed by atoms with Gasteiger partial charge in [-0.1, -0.05) is 39.1 Å². The number of hydrogen-bond acceptors (Lipinski definition) is 7. The maximum absolute atomic E-state index is 14.5. The average molecular weight is 796 g/mol. The van der Waals surface area contributed by atoms with Crippen molar-refractivity contribution in [2.45, 2.75) is 46.0 Å². The second-order valence-electron chi connectivity index (χ2n) is 11.4. The third-order valence-electron chi connectivity index (χ3n) is 6.19. The van der Waals surface area contributed by atoms with Crippen LogP contribution >= 0.6 is 39.1 Å². The summed E-state index contributed by atoms with van der Waals surface area (Å²) in [7, 11) is 0. The molecule has 0 bridgehead atoms. The quantitative estimate of drug-likeness (QED) is 0.103. The van der Waals surface area contributed by atoms with Crippen LogP contribution < -0.4 is 14.2 Å². The standard InChI is InChI=1S/C24H21ClF3NO4.C12H8BrClFNO/c1-24(2,3)33-23(30)9-14-8-19(27)22(12-18(14)26)32-17-6-7-29-16(11-17)13-31-21-5-4-15(25)10-20(21)28;13-8-3-4-16-10(5-8)7-17-12-2-1-9(14)6-11(12)15/h4-8,10-12H,9,13H2,1-3H3;1-6H,7H2. The predicted molar refractivity (Wildman–Crippen MR) is 184 cm³/mol. The number of aromatic nitrogens is 2. The Bertz CT molecular complexity index is 1960. The molecule has 0 atom stereocenters. The second kappa shape index (κ2) is 17.5. The molecule has 0 fully saturated rings.